The van der Waals surface area contributed by atoms with E-state index in [9.17, 15) is 14.4 Å². The molecule has 1 aromatic carbocycles. The Bertz CT molecular complexity index is 806. The third-order valence-electron chi connectivity index (χ3n) is 4.73. The Morgan fingerprint density at radius 1 is 1.04 bits per heavy atom. The van der Waals surface area contributed by atoms with Crippen molar-refractivity contribution in [3.8, 4) is 0 Å². The Morgan fingerprint density at radius 2 is 1.74 bits per heavy atom. The molecule has 27 heavy (non-hydrogen) atoms. The van der Waals surface area contributed by atoms with Crippen LogP contribution in [0.2, 0.25) is 0 Å². The van der Waals surface area contributed by atoms with E-state index >= 15 is 0 Å². The van der Waals surface area contributed by atoms with Crippen molar-refractivity contribution in [2.24, 2.45) is 0 Å². The number of nitrogens with zero attached hydrogens (tertiary/aromatic N) is 2. The van der Waals surface area contributed by atoms with E-state index in [1.807, 2.05) is 38.1 Å². The topological polar surface area (TPSA) is 71.4 Å². The first-order valence-corrected chi connectivity index (χ1v) is 9.71. The lowest BCUT2D eigenvalue weighted by Gasteiger charge is -2.19. The highest BCUT2D eigenvalue weighted by Gasteiger charge is 2.22. The number of aromatic nitrogens is 1. The number of likely N-dealkylation sites (N-methyl/N-ethyl adjacent to an activating group) is 1. The van der Waals surface area contributed by atoms with Crippen molar-refractivity contribution in [1.82, 2.24) is 14.8 Å². The molecule has 0 saturated heterocycles. The van der Waals surface area contributed by atoms with Gasteiger partial charge in [-0.3, -0.25) is 14.4 Å². The van der Waals surface area contributed by atoms with Crippen molar-refractivity contribution < 1.29 is 14.4 Å². The van der Waals surface area contributed by atoms with Gasteiger partial charge in [0.15, 0.2) is 0 Å². The minimum atomic E-state index is -0.593. The Labute approximate surface area is 160 Å². The maximum atomic E-state index is 12.6. The summed E-state index contributed by atoms with van der Waals surface area (Å²) in [7, 11) is 0. The summed E-state index contributed by atoms with van der Waals surface area (Å²) in [5.74, 6) is -1.16. The molecular formula is C21H29N3O3. The van der Waals surface area contributed by atoms with E-state index < -0.39 is 11.7 Å². The Kier molecular flexibility index (Phi) is 7.58. The maximum absolute atomic E-state index is 12.6. The molecule has 0 spiro atoms. The molecule has 0 radical (unpaired) electrons. The van der Waals surface area contributed by atoms with Gasteiger partial charge in [0.2, 0.25) is 5.91 Å². The second kappa shape index (κ2) is 9.90. The maximum Gasteiger partial charge on any atom is 0.292 e. The third-order valence-corrected chi connectivity index (χ3v) is 4.73. The summed E-state index contributed by atoms with van der Waals surface area (Å²) in [6.07, 6.45) is 4.55. The highest BCUT2D eigenvalue weighted by molar-refractivity contribution is 6.45. The molecule has 1 aromatic heterocycles. The van der Waals surface area contributed by atoms with Crippen LogP contribution in [0.25, 0.3) is 10.9 Å². The molecule has 1 N–H and O–H groups in total. The standard InChI is InChI=1S/C21H29N3O3/c1-4-7-10-13-22-21(27)20(26)17-14-24(15-19(25)23(5-2)6-3)18-12-9-8-11-16(17)18/h8-9,11-12,14H,4-7,10,13,15H2,1-3H3,(H,22,27). The molecule has 0 aliphatic carbocycles. The van der Waals surface area contributed by atoms with Crippen LogP contribution >= 0.6 is 0 Å². The van der Waals surface area contributed by atoms with Crippen molar-refractivity contribution in [3.63, 3.8) is 0 Å². The Hall–Kier alpha value is -2.63. The average Bonchev–Trinajstić information content (AvgIpc) is 3.04. The predicted octanol–water partition coefficient (Wildman–Crippen LogP) is 3.00. The number of ketones is 1. The number of carbonyl (C=O) groups is 3. The summed E-state index contributed by atoms with van der Waals surface area (Å²) in [6, 6.07) is 7.36. The first-order chi connectivity index (χ1) is 13.0. The molecule has 6 nitrogen and oxygen atoms in total. The molecule has 0 aliphatic rings. The SMILES string of the molecule is CCCCCNC(=O)C(=O)c1cn(CC(=O)N(CC)CC)c2ccccc12. The van der Waals surface area contributed by atoms with Gasteiger partial charge in [0.1, 0.15) is 6.54 Å². The second-order valence-corrected chi connectivity index (χ2v) is 6.55. The lowest BCUT2D eigenvalue weighted by Crippen LogP contribution is -2.33. The number of benzene rings is 1. The molecule has 0 atom stereocenters. The van der Waals surface area contributed by atoms with Gasteiger partial charge in [-0.1, -0.05) is 38.0 Å². The number of hydrogen-bond acceptors (Lipinski definition) is 3. The summed E-state index contributed by atoms with van der Waals surface area (Å²) in [4.78, 5) is 39.1. The lowest BCUT2D eigenvalue weighted by molar-refractivity contribution is -0.131. The van der Waals surface area contributed by atoms with Gasteiger partial charge in [-0.05, 0) is 26.3 Å². The molecule has 146 valence electrons. The minimum absolute atomic E-state index is 0.0104. The van der Waals surface area contributed by atoms with Crippen LogP contribution < -0.4 is 5.32 Å². The van der Waals surface area contributed by atoms with E-state index in [1.54, 1.807) is 15.7 Å². The molecule has 6 heteroatoms. The first-order valence-electron chi connectivity index (χ1n) is 9.71. The van der Waals surface area contributed by atoms with Gasteiger partial charge in [-0.15, -0.1) is 0 Å². The van der Waals surface area contributed by atoms with Gasteiger partial charge in [0.05, 0.1) is 5.56 Å². The molecule has 2 amide bonds. The molecule has 0 saturated carbocycles. The number of unbranched alkanes of at least 4 members (excludes halogenated alkanes) is 2. The highest BCUT2D eigenvalue weighted by atomic mass is 16.2. The molecule has 0 aliphatic heterocycles. The zero-order valence-electron chi connectivity index (χ0n) is 16.5. The first kappa shape index (κ1) is 20.7. The van der Waals surface area contributed by atoms with Crippen molar-refractivity contribution in [2.45, 2.75) is 46.6 Å². The van der Waals surface area contributed by atoms with Gasteiger partial charge in [-0.25, -0.2) is 0 Å². The second-order valence-electron chi connectivity index (χ2n) is 6.55. The summed E-state index contributed by atoms with van der Waals surface area (Å²) in [5, 5.41) is 3.39. The van der Waals surface area contributed by atoms with E-state index in [0.717, 1.165) is 24.8 Å². The number of para-hydroxylation sites is 1. The van der Waals surface area contributed by atoms with E-state index in [2.05, 4.69) is 12.2 Å². The van der Waals surface area contributed by atoms with Crippen LogP contribution in [0.5, 0.6) is 0 Å². The smallest absolute Gasteiger partial charge is 0.292 e. The minimum Gasteiger partial charge on any atom is -0.349 e. The number of carbonyl (C=O) groups excluding carboxylic acids is 3. The number of fused-ring (bicyclic) bond motifs is 1. The summed E-state index contributed by atoms with van der Waals surface area (Å²) < 4.78 is 1.76. The molecule has 1 heterocycles. The van der Waals surface area contributed by atoms with E-state index in [0.29, 0.717) is 30.6 Å². The zero-order valence-corrected chi connectivity index (χ0v) is 16.5. The monoisotopic (exact) mass is 371 g/mol. The van der Waals surface area contributed by atoms with Crippen molar-refractivity contribution >= 4 is 28.5 Å². The van der Waals surface area contributed by atoms with Gasteiger partial charge >= 0.3 is 0 Å². The van der Waals surface area contributed by atoms with Gasteiger partial charge in [-0.2, -0.15) is 0 Å². The molecule has 2 rings (SSSR count). The Morgan fingerprint density at radius 3 is 2.41 bits per heavy atom. The molecule has 0 fully saturated rings. The summed E-state index contributed by atoms with van der Waals surface area (Å²) in [5.41, 5.74) is 1.12. The quantitative estimate of drug-likeness (QED) is 0.396. The lowest BCUT2D eigenvalue weighted by atomic mass is 10.1. The molecule has 0 unspecified atom stereocenters. The normalized spacial score (nSPS) is 10.8. The summed E-state index contributed by atoms with van der Waals surface area (Å²) >= 11 is 0. The van der Waals surface area contributed by atoms with Crippen LogP contribution in [0.1, 0.15) is 50.4 Å². The van der Waals surface area contributed by atoms with Crippen LogP contribution in [0.4, 0.5) is 0 Å². The number of hydrogen-bond donors (Lipinski definition) is 1. The van der Waals surface area contributed by atoms with Crippen molar-refractivity contribution in [2.75, 3.05) is 19.6 Å². The van der Waals surface area contributed by atoms with Gasteiger partial charge < -0.3 is 14.8 Å². The van der Waals surface area contributed by atoms with Crippen LogP contribution in [-0.2, 0) is 16.1 Å². The molecule has 2 aromatic rings. The van der Waals surface area contributed by atoms with E-state index in [4.69, 9.17) is 0 Å². The number of Topliss-reactive ketones (excluding diaryl/α,β-unsaturated/α-hetero) is 1. The van der Waals surface area contributed by atoms with Gasteiger partial charge in [0, 0.05) is 36.7 Å². The zero-order chi connectivity index (χ0) is 19.8. The van der Waals surface area contributed by atoms with E-state index in [-0.39, 0.29) is 12.5 Å². The summed E-state index contributed by atoms with van der Waals surface area (Å²) in [6.45, 7) is 7.88. The largest absolute Gasteiger partial charge is 0.349 e. The number of amides is 2. The van der Waals surface area contributed by atoms with Crippen molar-refractivity contribution in [3.05, 3.63) is 36.0 Å². The molecule has 0 bridgehead atoms. The third kappa shape index (κ3) is 4.96. The number of rotatable bonds is 10. The van der Waals surface area contributed by atoms with Crippen molar-refractivity contribution in [1.29, 1.82) is 0 Å². The molecular weight excluding hydrogens is 342 g/mol. The predicted molar refractivity (Wildman–Crippen MR) is 107 cm³/mol. The van der Waals surface area contributed by atoms with Gasteiger partial charge in [0.25, 0.3) is 11.7 Å². The fourth-order valence-corrected chi connectivity index (χ4v) is 3.16. The van der Waals surface area contributed by atoms with Crippen LogP contribution in [-0.4, -0.2) is 46.7 Å². The fourth-order valence-electron chi connectivity index (χ4n) is 3.16. The van der Waals surface area contributed by atoms with Crippen LogP contribution in [0.3, 0.4) is 0 Å². The average molecular weight is 371 g/mol. The number of nitrogens with one attached hydrogen (secondary N) is 1. The van der Waals surface area contributed by atoms with E-state index in [1.165, 1.54) is 0 Å². The van der Waals surface area contributed by atoms with Crippen LogP contribution in [0, 0.1) is 0 Å². The highest BCUT2D eigenvalue weighted by Crippen LogP contribution is 2.22. The van der Waals surface area contributed by atoms with Crippen LogP contribution in [0.15, 0.2) is 30.5 Å². The fraction of sp³-hybridized carbons (Fsp3) is 0.476. The Balaban J connectivity index is 2.24.